The van der Waals surface area contributed by atoms with Gasteiger partial charge in [0.1, 0.15) is 5.82 Å². The van der Waals surface area contributed by atoms with Gasteiger partial charge < -0.3 is 19.1 Å². The van der Waals surface area contributed by atoms with Crippen molar-refractivity contribution >= 4 is 54.9 Å². The lowest BCUT2D eigenvalue weighted by Crippen LogP contribution is -2.43. The fourth-order valence-corrected chi connectivity index (χ4v) is 4.94. The zero-order valence-electron chi connectivity index (χ0n) is 21.6. The van der Waals surface area contributed by atoms with Gasteiger partial charge in [-0.25, -0.2) is 4.98 Å². The third-order valence-corrected chi connectivity index (χ3v) is 7.33. The fourth-order valence-electron chi connectivity index (χ4n) is 4.01. The second-order valence-electron chi connectivity index (χ2n) is 8.85. The monoisotopic (exact) mass is 648 g/mol. The Hall–Kier alpha value is -2.76. The molecule has 3 aromatic rings. The highest BCUT2D eigenvalue weighted by molar-refractivity contribution is 9.10. The summed E-state index contributed by atoms with van der Waals surface area (Å²) in [6.45, 7) is 8.38. The Kier molecular flexibility index (Phi) is 9.56. The standard InChI is InChI=1S/C27H30Br2N4O5/c1-4-17(3)26-31-22-7-6-19(28)14-20(22)27(35)33(26)30-15-18-12-21(29)25(23(13-18)37-5-2)38-16-24(34)32-8-10-36-11-9-32/h6-7,12-15,17H,4-5,8-11,16H2,1-3H3/t17-/m0/s1. The zero-order chi connectivity index (χ0) is 27.2. The van der Waals surface area contributed by atoms with Gasteiger partial charge in [0.05, 0.1) is 41.4 Å². The van der Waals surface area contributed by atoms with Gasteiger partial charge in [-0.1, -0.05) is 29.8 Å². The van der Waals surface area contributed by atoms with E-state index in [1.807, 2.05) is 32.9 Å². The Morgan fingerprint density at radius 1 is 1.18 bits per heavy atom. The van der Waals surface area contributed by atoms with Gasteiger partial charge >= 0.3 is 0 Å². The molecule has 2 aromatic carbocycles. The molecule has 202 valence electrons. The number of morpholine rings is 1. The summed E-state index contributed by atoms with van der Waals surface area (Å²) in [7, 11) is 0. The molecule has 38 heavy (non-hydrogen) atoms. The van der Waals surface area contributed by atoms with Crippen molar-refractivity contribution in [2.45, 2.75) is 33.1 Å². The van der Waals surface area contributed by atoms with E-state index in [4.69, 9.17) is 19.2 Å². The van der Waals surface area contributed by atoms with Crippen LogP contribution in [0.25, 0.3) is 10.9 Å². The van der Waals surface area contributed by atoms with Crippen molar-refractivity contribution < 1.29 is 19.0 Å². The SMILES string of the molecule is CCOc1cc(C=Nn2c([C@@H](C)CC)nc3ccc(Br)cc3c2=O)cc(Br)c1OCC(=O)N1CCOCC1. The Labute approximate surface area is 238 Å². The van der Waals surface area contributed by atoms with E-state index in [0.29, 0.717) is 71.2 Å². The van der Waals surface area contributed by atoms with Gasteiger partial charge in [-0.3, -0.25) is 9.59 Å². The van der Waals surface area contributed by atoms with E-state index in [1.54, 1.807) is 29.3 Å². The molecule has 0 bridgehead atoms. The molecule has 0 saturated carbocycles. The van der Waals surface area contributed by atoms with Crippen molar-refractivity contribution in [2.75, 3.05) is 39.5 Å². The topological polar surface area (TPSA) is 95.2 Å². The molecule has 9 nitrogen and oxygen atoms in total. The number of hydrogen-bond donors (Lipinski definition) is 0. The maximum absolute atomic E-state index is 13.4. The van der Waals surface area contributed by atoms with Gasteiger partial charge in [-0.2, -0.15) is 9.78 Å². The summed E-state index contributed by atoms with van der Waals surface area (Å²) in [6, 6.07) is 9.03. The first-order chi connectivity index (χ1) is 18.3. The number of ether oxygens (including phenoxy) is 3. The summed E-state index contributed by atoms with van der Waals surface area (Å²) >= 11 is 6.98. The second kappa shape index (κ2) is 12.9. The quantitative estimate of drug-likeness (QED) is 0.305. The molecule has 1 aliphatic heterocycles. The van der Waals surface area contributed by atoms with Gasteiger partial charge in [0.2, 0.25) is 0 Å². The number of aromatic nitrogens is 2. The third-order valence-electron chi connectivity index (χ3n) is 6.24. The fraction of sp³-hybridized carbons (Fsp3) is 0.407. The van der Waals surface area contributed by atoms with Crippen molar-refractivity contribution in [1.29, 1.82) is 0 Å². The van der Waals surface area contributed by atoms with Crippen LogP contribution in [0.4, 0.5) is 0 Å². The van der Waals surface area contributed by atoms with E-state index in [0.717, 1.165) is 10.9 Å². The molecule has 0 radical (unpaired) electrons. The van der Waals surface area contributed by atoms with Crippen LogP contribution in [0, 0.1) is 0 Å². The number of rotatable bonds is 9. The van der Waals surface area contributed by atoms with E-state index in [9.17, 15) is 9.59 Å². The summed E-state index contributed by atoms with van der Waals surface area (Å²) in [5, 5.41) is 5.02. The first-order valence-electron chi connectivity index (χ1n) is 12.5. The number of fused-ring (bicyclic) bond motifs is 1. The van der Waals surface area contributed by atoms with Crippen LogP contribution < -0.4 is 15.0 Å². The predicted octanol–water partition coefficient (Wildman–Crippen LogP) is 4.95. The molecule has 1 aromatic heterocycles. The molecular formula is C27H30Br2N4O5. The Balaban J connectivity index is 1.65. The summed E-state index contributed by atoms with van der Waals surface area (Å²) in [6.07, 6.45) is 2.40. The Bertz CT molecular complexity index is 1400. The average molecular weight is 650 g/mol. The van der Waals surface area contributed by atoms with Crippen molar-refractivity contribution in [3.8, 4) is 11.5 Å². The molecule has 1 amide bonds. The highest BCUT2D eigenvalue weighted by atomic mass is 79.9. The molecule has 0 N–H and O–H groups in total. The molecule has 0 spiro atoms. The molecule has 1 atom stereocenters. The third kappa shape index (κ3) is 6.44. The molecule has 1 saturated heterocycles. The minimum absolute atomic E-state index is 0.0263. The lowest BCUT2D eigenvalue weighted by Gasteiger charge is -2.27. The van der Waals surface area contributed by atoms with Gasteiger partial charge in [0.15, 0.2) is 18.1 Å². The van der Waals surface area contributed by atoms with E-state index in [1.165, 1.54) is 4.68 Å². The molecule has 0 unspecified atom stereocenters. The van der Waals surface area contributed by atoms with Crippen LogP contribution in [0.1, 0.15) is 44.5 Å². The highest BCUT2D eigenvalue weighted by Crippen LogP contribution is 2.36. The van der Waals surface area contributed by atoms with E-state index < -0.39 is 0 Å². The Morgan fingerprint density at radius 2 is 1.95 bits per heavy atom. The van der Waals surface area contributed by atoms with Crippen molar-refractivity contribution in [3.05, 3.63) is 61.0 Å². The van der Waals surface area contributed by atoms with E-state index in [2.05, 4.69) is 37.0 Å². The minimum Gasteiger partial charge on any atom is -0.490 e. The number of hydrogen-bond acceptors (Lipinski definition) is 7. The predicted molar refractivity (Wildman–Crippen MR) is 154 cm³/mol. The maximum atomic E-state index is 13.4. The van der Waals surface area contributed by atoms with Crippen molar-refractivity contribution in [2.24, 2.45) is 5.10 Å². The van der Waals surface area contributed by atoms with Crippen LogP contribution in [0.15, 0.2) is 49.2 Å². The first kappa shape index (κ1) is 28.3. The van der Waals surface area contributed by atoms with Crippen LogP contribution in [0.3, 0.4) is 0 Å². The molecule has 0 aliphatic carbocycles. The average Bonchev–Trinajstić information content (AvgIpc) is 2.92. The van der Waals surface area contributed by atoms with Crippen molar-refractivity contribution in [3.63, 3.8) is 0 Å². The van der Waals surface area contributed by atoms with Gasteiger partial charge in [0.25, 0.3) is 11.5 Å². The lowest BCUT2D eigenvalue weighted by atomic mass is 10.1. The lowest BCUT2D eigenvalue weighted by molar-refractivity contribution is -0.137. The maximum Gasteiger partial charge on any atom is 0.282 e. The second-order valence-corrected chi connectivity index (χ2v) is 10.6. The highest BCUT2D eigenvalue weighted by Gasteiger charge is 2.20. The molecule has 4 rings (SSSR count). The Morgan fingerprint density at radius 3 is 2.66 bits per heavy atom. The van der Waals surface area contributed by atoms with Crippen LogP contribution >= 0.6 is 31.9 Å². The summed E-state index contributed by atoms with van der Waals surface area (Å²) < 4.78 is 19.8. The van der Waals surface area contributed by atoms with Crippen molar-refractivity contribution in [1.82, 2.24) is 14.6 Å². The molecule has 11 heteroatoms. The molecule has 2 heterocycles. The van der Waals surface area contributed by atoms with Crippen LogP contribution in [-0.2, 0) is 9.53 Å². The molecular weight excluding hydrogens is 620 g/mol. The summed E-state index contributed by atoms with van der Waals surface area (Å²) in [5.74, 6) is 1.40. The number of amides is 1. The largest absolute Gasteiger partial charge is 0.490 e. The van der Waals surface area contributed by atoms with E-state index in [-0.39, 0.29) is 24.0 Å². The number of benzene rings is 2. The van der Waals surface area contributed by atoms with Gasteiger partial charge in [0, 0.05) is 23.5 Å². The van der Waals surface area contributed by atoms with Crippen LogP contribution in [0.2, 0.25) is 0 Å². The number of nitrogens with zero attached hydrogens (tertiary/aromatic N) is 4. The smallest absolute Gasteiger partial charge is 0.282 e. The minimum atomic E-state index is -0.242. The summed E-state index contributed by atoms with van der Waals surface area (Å²) in [5.41, 5.74) is 1.08. The number of carbonyl (C=O) groups excluding carboxylic acids is 1. The number of carbonyl (C=O) groups is 1. The molecule has 1 fully saturated rings. The van der Waals surface area contributed by atoms with Gasteiger partial charge in [-0.05, 0) is 65.2 Å². The van der Waals surface area contributed by atoms with Gasteiger partial charge in [-0.15, -0.1) is 0 Å². The summed E-state index contributed by atoms with van der Waals surface area (Å²) in [4.78, 5) is 32.4. The zero-order valence-corrected chi connectivity index (χ0v) is 24.7. The molecule has 1 aliphatic rings. The van der Waals surface area contributed by atoms with Crippen LogP contribution in [0.5, 0.6) is 11.5 Å². The number of halogens is 2. The first-order valence-corrected chi connectivity index (χ1v) is 14.1. The van der Waals surface area contributed by atoms with E-state index >= 15 is 0 Å². The van der Waals surface area contributed by atoms with Crippen LogP contribution in [-0.4, -0.2) is 66.2 Å². The normalized spacial score (nSPS) is 14.7.